The van der Waals surface area contributed by atoms with Gasteiger partial charge in [-0.15, -0.1) is 0 Å². The van der Waals surface area contributed by atoms with Crippen LogP contribution in [0.4, 0.5) is 0 Å². The number of nitriles is 1. The Labute approximate surface area is 135 Å². The third-order valence-corrected chi connectivity index (χ3v) is 3.54. The molecule has 1 atom stereocenters. The zero-order valence-corrected chi connectivity index (χ0v) is 13.3. The number of carbonyl (C=O) groups excluding carboxylic acids is 2. The van der Waals surface area contributed by atoms with Gasteiger partial charge in [0.2, 0.25) is 5.78 Å². The molecule has 0 saturated heterocycles. The van der Waals surface area contributed by atoms with Gasteiger partial charge in [-0.1, -0.05) is 23.8 Å². The largest absolute Gasteiger partial charge is 0.451 e. The summed E-state index contributed by atoms with van der Waals surface area (Å²) in [5.41, 5.74) is 2.99. The Bertz CT molecular complexity index is 803. The molecule has 0 saturated carbocycles. The molecular weight excluding hydrogens is 290 g/mol. The quantitative estimate of drug-likeness (QED) is 0.639. The fraction of sp³-hybridized carbons (Fsp3) is 0.211. The van der Waals surface area contributed by atoms with Gasteiger partial charge in [-0.25, -0.2) is 4.79 Å². The third kappa shape index (κ3) is 3.83. The van der Waals surface area contributed by atoms with Gasteiger partial charge >= 0.3 is 5.97 Å². The summed E-state index contributed by atoms with van der Waals surface area (Å²) in [7, 11) is 0. The van der Waals surface area contributed by atoms with E-state index in [-0.39, 0.29) is 11.3 Å². The fourth-order valence-corrected chi connectivity index (χ4v) is 2.22. The van der Waals surface area contributed by atoms with Gasteiger partial charge in [-0.2, -0.15) is 5.26 Å². The molecule has 0 spiro atoms. The first kappa shape index (κ1) is 16.4. The molecule has 0 aliphatic carbocycles. The Balaban J connectivity index is 2.16. The maximum absolute atomic E-state index is 12.5. The lowest BCUT2D eigenvalue weighted by Crippen LogP contribution is -2.25. The minimum absolute atomic E-state index is 0.240. The molecule has 0 radical (unpaired) electrons. The Kier molecular flexibility index (Phi) is 4.92. The lowest BCUT2D eigenvalue weighted by molar-refractivity contribution is 0.0318. The number of aryl methyl sites for hydroxylation is 2. The molecule has 2 aromatic carbocycles. The van der Waals surface area contributed by atoms with Crippen LogP contribution in [0.15, 0.2) is 42.5 Å². The first-order valence-electron chi connectivity index (χ1n) is 7.25. The summed E-state index contributed by atoms with van der Waals surface area (Å²) in [6, 6.07) is 13.7. The van der Waals surface area contributed by atoms with Crippen molar-refractivity contribution >= 4 is 11.8 Å². The minimum Gasteiger partial charge on any atom is -0.451 e. The number of hydrogen-bond acceptors (Lipinski definition) is 4. The van der Waals surface area contributed by atoms with Gasteiger partial charge in [0.25, 0.3) is 0 Å². The highest BCUT2D eigenvalue weighted by molar-refractivity contribution is 6.02. The van der Waals surface area contributed by atoms with Crippen LogP contribution in [0.5, 0.6) is 0 Å². The average Bonchev–Trinajstić information content (AvgIpc) is 2.56. The first-order chi connectivity index (χ1) is 10.9. The Hall–Kier alpha value is -2.93. The standard InChI is InChI=1S/C19H17NO3/c1-12-7-8-13(2)17(9-12)18(21)14(3)23-19(22)16-6-4-5-15(10-16)11-20/h4-10,14H,1-3H3/t14-/m0/s1. The number of esters is 1. The van der Waals surface area contributed by atoms with Crippen LogP contribution in [0.25, 0.3) is 0 Å². The molecule has 0 aliphatic rings. The van der Waals surface area contributed by atoms with Crippen LogP contribution in [0.2, 0.25) is 0 Å². The SMILES string of the molecule is Cc1ccc(C)c(C(=O)[C@H](C)OC(=O)c2cccc(C#N)c2)c1. The topological polar surface area (TPSA) is 67.2 Å². The van der Waals surface area contributed by atoms with E-state index in [9.17, 15) is 9.59 Å². The predicted molar refractivity (Wildman–Crippen MR) is 86.3 cm³/mol. The molecular formula is C19H17NO3. The zero-order chi connectivity index (χ0) is 17.0. The number of ether oxygens (including phenoxy) is 1. The molecule has 2 rings (SSSR count). The third-order valence-electron chi connectivity index (χ3n) is 3.54. The van der Waals surface area contributed by atoms with Gasteiger partial charge < -0.3 is 4.74 Å². The van der Waals surface area contributed by atoms with Gasteiger partial charge in [0.1, 0.15) is 0 Å². The second-order valence-corrected chi connectivity index (χ2v) is 5.42. The Morgan fingerprint density at radius 1 is 1.13 bits per heavy atom. The Morgan fingerprint density at radius 3 is 2.57 bits per heavy atom. The van der Waals surface area contributed by atoms with E-state index in [0.29, 0.717) is 11.1 Å². The monoisotopic (exact) mass is 307 g/mol. The number of benzene rings is 2. The predicted octanol–water partition coefficient (Wildman–Crippen LogP) is 3.60. The van der Waals surface area contributed by atoms with E-state index in [0.717, 1.165) is 11.1 Å². The summed E-state index contributed by atoms with van der Waals surface area (Å²) < 4.78 is 5.25. The molecule has 23 heavy (non-hydrogen) atoms. The summed E-state index contributed by atoms with van der Waals surface area (Å²) in [6.07, 6.45) is -0.895. The van der Waals surface area contributed by atoms with Crippen molar-refractivity contribution < 1.29 is 14.3 Å². The van der Waals surface area contributed by atoms with Crippen molar-refractivity contribution in [2.75, 3.05) is 0 Å². The van der Waals surface area contributed by atoms with Crippen molar-refractivity contribution in [1.82, 2.24) is 0 Å². The number of hydrogen-bond donors (Lipinski definition) is 0. The van der Waals surface area contributed by atoms with Gasteiger partial charge in [0.05, 0.1) is 17.2 Å². The van der Waals surface area contributed by atoms with E-state index in [2.05, 4.69) is 0 Å². The van der Waals surface area contributed by atoms with Crippen LogP contribution in [0.3, 0.4) is 0 Å². The van der Waals surface area contributed by atoms with Crippen molar-refractivity contribution in [3.8, 4) is 6.07 Å². The van der Waals surface area contributed by atoms with Crippen LogP contribution in [0.1, 0.15) is 44.3 Å². The number of rotatable bonds is 4. The highest BCUT2D eigenvalue weighted by atomic mass is 16.5. The van der Waals surface area contributed by atoms with E-state index >= 15 is 0 Å². The van der Waals surface area contributed by atoms with Crippen LogP contribution in [0, 0.1) is 25.2 Å². The van der Waals surface area contributed by atoms with Crippen LogP contribution >= 0.6 is 0 Å². The smallest absolute Gasteiger partial charge is 0.338 e. The van der Waals surface area contributed by atoms with Crippen molar-refractivity contribution in [3.63, 3.8) is 0 Å². The van der Waals surface area contributed by atoms with Crippen molar-refractivity contribution in [1.29, 1.82) is 5.26 Å². The zero-order valence-electron chi connectivity index (χ0n) is 13.3. The molecule has 0 fully saturated rings. The molecule has 0 bridgehead atoms. The van der Waals surface area contributed by atoms with Crippen molar-refractivity contribution in [2.45, 2.75) is 26.9 Å². The number of nitrogens with zero attached hydrogens (tertiary/aromatic N) is 1. The van der Waals surface area contributed by atoms with E-state index < -0.39 is 12.1 Å². The van der Waals surface area contributed by atoms with Crippen LogP contribution in [-0.2, 0) is 4.74 Å². The van der Waals surface area contributed by atoms with E-state index in [1.807, 2.05) is 32.0 Å². The van der Waals surface area contributed by atoms with E-state index in [1.54, 1.807) is 31.2 Å². The molecule has 4 heteroatoms. The van der Waals surface area contributed by atoms with Gasteiger partial charge in [0, 0.05) is 5.56 Å². The van der Waals surface area contributed by atoms with E-state index in [4.69, 9.17) is 10.00 Å². The van der Waals surface area contributed by atoms with Gasteiger partial charge in [-0.3, -0.25) is 4.79 Å². The average molecular weight is 307 g/mol. The molecule has 0 N–H and O–H groups in total. The maximum atomic E-state index is 12.5. The summed E-state index contributed by atoms with van der Waals surface area (Å²) in [6.45, 7) is 5.30. The number of ketones is 1. The summed E-state index contributed by atoms with van der Waals surface area (Å²) in [5, 5.41) is 8.86. The minimum atomic E-state index is -0.895. The fourth-order valence-electron chi connectivity index (χ4n) is 2.22. The van der Waals surface area contributed by atoms with Gasteiger partial charge in [-0.05, 0) is 50.6 Å². The highest BCUT2D eigenvalue weighted by Gasteiger charge is 2.22. The second kappa shape index (κ2) is 6.89. The molecule has 0 unspecified atom stereocenters. The second-order valence-electron chi connectivity index (χ2n) is 5.42. The lowest BCUT2D eigenvalue weighted by atomic mass is 9.99. The molecule has 116 valence electrons. The Morgan fingerprint density at radius 2 is 1.87 bits per heavy atom. The summed E-state index contributed by atoms with van der Waals surface area (Å²) >= 11 is 0. The molecule has 0 amide bonds. The normalized spacial score (nSPS) is 11.4. The number of carbonyl (C=O) groups is 2. The molecule has 2 aromatic rings. The number of Topliss-reactive ketones (excluding diaryl/α,β-unsaturated/α-hetero) is 1. The van der Waals surface area contributed by atoms with Crippen molar-refractivity contribution in [2.24, 2.45) is 0 Å². The van der Waals surface area contributed by atoms with Crippen LogP contribution < -0.4 is 0 Å². The molecule has 0 aromatic heterocycles. The summed E-state index contributed by atoms with van der Waals surface area (Å²) in [4.78, 5) is 24.6. The van der Waals surface area contributed by atoms with Crippen LogP contribution in [-0.4, -0.2) is 17.9 Å². The molecule has 0 heterocycles. The van der Waals surface area contributed by atoms with Crippen molar-refractivity contribution in [3.05, 3.63) is 70.3 Å². The first-order valence-corrected chi connectivity index (χ1v) is 7.25. The highest BCUT2D eigenvalue weighted by Crippen LogP contribution is 2.15. The van der Waals surface area contributed by atoms with E-state index in [1.165, 1.54) is 6.07 Å². The molecule has 4 nitrogen and oxygen atoms in total. The van der Waals surface area contributed by atoms with Gasteiger partial charge in [0.15, 0.2) is 6.10 Å². The lowest BCUT2D eigenvalue weighted by Gasteiger charge is -2.14. The summed E-state index contributed by atoms with van der Waals surface area (Å²) in [5.74, 6) is -0.857. The maximum Gasteiger partial charge on any atom is 0.338 e. The molecule has 0 aliphatic heterocycles.